The second kappa shape index (κ2) is 8.22. The van der Waals surface area contributed by atoms with Gasteiger partial charge in [0.05, 0.1) is 5.52 Å². The Bertz CT molecular complexity index is 1110. The van der Waals surface area contributed by atoms with E-state index < -0.39 is 23.5 Å². The molecule has 1 aromatic heterocycles. The molecular weight excluding hydrogens is 395 g/mol. The van der Waals surface area contributed by atoms with Crippen LogP contribution < -0.4 is 10.6 Å². The highest BCUT2D eigenvalue weighted by molar-refractivity contribution is 5.91. The van der Waals surface area contributed by atoms with Gasteiger partial charge in [-0.15, -0.1) is 0 Å². The van der Waals surface area contributed by atoms with Crippen LogP contribution in [-0.4, -0.2) is 29.4 Å². The maximum absolute atomic E-state index is 14.3. The van der Waals surface area contributed by atoms with Crippen LogP contribution in [0.5, 0.6) is 0 Å². The molecule has 1 saturated heterocycles. The first-order valence-corrected chi connectivity index (χ1v) is 9.75. The van der Waals surface area contributed by atoms with Gasteiger partial charge in [0.25, 0.3) is 0 Å². The summed E-state index contributed by atoms with van der Waals surface area (Å²) in [6.45, 7) is 0.539. The van der Waals surface area contributed by atoms with E-state index >= 15 is 0 Å². The van der Waals surface area contributed by atoms with Gasteiger partial charge in [-0.2, -0.15) is 0 Å². The molecule has 3 N–H and O–H groups in total. The second-order valence-electron chi connectivity index (χ2n) is 7.35. The van der Waals surface area contributed by atoms with Crippen molar-refractivity contribution in [1.29, 1.82) is 0 Å². The van der Waals surface area contributed by atoms with Crippen LogP contribution in [0.2, 0.25) is 0 Å². The average molecular weight is 415 g/mol. The Morgan fingerprint density at radius 2 is 1.87 bits per heavy atom. The smallest absolute Gasteiger partial charge is 0.242 e. The van der Waals surface area contributed by atoms with Crippen molar-refractivity contribution in [2.75, 3.05) is 6.54 Å². The predicted molar refractivity (Wildman–Crippen MR) is 106 cm³/mol. The van der Waals surface area contributed by atoms with Crippen molar-refractivity contribution in [1.82, 2.24) is 15.6 Å². The molecule has 2 aromatic carbocycles. The molecule has 5 nitrogen and oxygen atoms in total. The molecule has 4 rings (SSSR count). The minimum absolute atomic E-state index is 0.164. The summed E-state index contributed by atoms with van der Waals surface area (Å²) in [6, 6.07) is 7.25. The maximum Gasteiger partial charge on any atom is 0.242 e. The Morgan fingerprint density at radius 3 is 2.57 bits per heavy atom. The number of benzene rings is 2. The second-order valence-corrected chi connectivity index (χ2v) is 7.35. The molecule has 0 bridgehead atoms. The summed E-state index contributed by atoms with van der Waals surface area (Å²) < 4.78 is 41.5. The van der Waals surface area contributed by atoms with Crippen LogP contribution in [0, 0.1) is 17.5 Å². The normalized spacial score (nSPS) is 16.1. The van der Waals surface area contributed by atoms with Gasteiger partial charge < -0.3 is 15.6 Å². The van der Waals surface area contributed by atoms with E-state index in [4.69, 9.17) is 0 Å². The van der Waals surface area contributed by atoms with Crippen molar-refractivity contribution in [3.8, 4) is 11.3 Å². The molecular formula is C22H20F3N3O2. The van der Waals surface area contributed by atoms with Gasteiger partial charge in [-0.05, 0) is 60.7 Å². The maximum atomic E-state index is 14.3. The molecule has 3 aromatic rings. The molecule has 1 aliphatic rings. The van der Waals surface area contributed by atoms with Gasteiger partial charge >= 0.3 is 0 Å². The number of carbonyl (C=O) groups is 2. The van der Waals surface area contributed by atoms with Crippen molar-refractivity contribution in [2.45, 2.75) is 31.7 Å². The number of halogens is 3. The minimum atomic E-state index is -0.718. The summed E-state index contributed by atoms with van der Waals surface area (Å²) in [4.78, 5) is 26.7. The molecule has 30 heavy (non-hydrogen) atoms. The number of hydrogen-bond donors (Lipinski definition) is 3. The predicted octanol–water partition coefficient (Wildman–Crippen LogP) is 3.58. The van der Waals surface area contributed by atoms with Crippen molar-refractivity contribution in [2.24, 2.45) is 0 Å². The lowest BCUT2D eigenvalue weighted by atomic mass is 10.00. The zero-order valence-electron chi connectivity index (χ0n) is 16.0. The lowest BCUT2D eigenvalue weighted by molar-refractivity contribution is -0.127. The molecule has 0 spiro atoms. The summed E-state index contributed by atoms with van der Waals surface area (Å²) in [7, 11) is 0. The zero-order valence-corrected chi connectivity index (χ0v) is 16.0. The molecule has 1 atom stereocenters. The fraction of sp³-hybridized carbons (Fsp3) is 0.273. The van der Waals surface area contributed by atoms with E-state index in [1.54, 1.807) is 12.1 Å². The highest BCUT2D eigenvalue weighted by atomic mass is 19.1. The lowest BCUT2D eigenvalue weighted by Gasteiger charge is -2.10. The number of nitrogens with one attached hydrogen (secondary N) is 3. The van der Waals surface area contributed by atoms with E-state index in [0.717, 1.165) is 6.07 Å². The van der Waals surface area contributed by atoms with Crippen LogP contribution in [0.3, 0.4) is 0 Å². The van der Waals surface area contributed by atoms with Crippen LogP contribution in [-0.2, 0) is 16.0 Å². The fourth-order valence-electron chi connectivity index (χ4n) is 3.82. The SMILES string of the molecule is O=C(CCCc1c(-c2ccc(F)cc2)[nH]c2c(F)cc(F)cc12)N[C@@H]1CCNC1=O. The van der Waals surface area contributed by atoms with E-state index in [2.05, 4.69) is 15.6 Å². The van der Waals surface area contributed by atoms with Crippen LogP contribution in [0.4, 0.5) is 13.2 Å². The van der Waals surface area contributed by atoms with Crippen molar-refractivity contribution < 1.29 is 22.8 Å². The molecule has 1 aliphatic heterocycles. The summed E-state index contributed by atoms with van der Waals surface area (Å²) in [5.41, 5.74) is 2.01. The monoisotopic (exact) mass is 415 g/mol. The number of rotatable bonds is 6. The molecule has 0 radical (unpaired) electrons. The fourth-order valence-corrected chi connectivity index (χ4v) is 3.82. The third-order valence-corrected chi connectivity index (χ3v) is 5.28. The van der Waals surface area contributed by atoms with E-state index in [0.29, 0.717) is 48.0 Å². The van der Waals surface area contributed by atoms with Crippen LogP contribution in [0.25, 0.3) is 22.2 Å². The Balaban J connectivity index is 1.57. The summed E-state index contributed by atoms with van der Waals surface area (Å²) >= 11 is 0. The first-order valence-electron chi connectivity index (χ1n) is 9.75. The lowest BCUT2D eigenvalue weighted by Crippen LogP contribution is -2.40. The number of aromatic nitrogens is 1. The highest BCUT2D eigenvalue weighted by Crippen LogP contribution is 2.33. The van der Waals surface area contributed by atoms with Crippen molar-refractivity contribution >= 4 is 22.7 Å². The Labute approximate surface area is 170 Å². The standard InChI is InChI=1S/C22H20F3N3O2/c23-13-6-4-12(5-7-13)20-15(16-10-14(24)11-17(25)21(16)28-20)2-1-3-19(29)27-18-8-9-26-22(18)30/h4-7,10-11,18,28H,1-3,8-9H2,(H,26,30)(H,27,29)/t18-/m1/s1. The van der Waals surface area contributed by atoms with Crippen LogP contribution in [0.15, 0.2) is 36.4 Å². The van der Waals surface area contributed by atoms with E-state index in [1.807, 2.05) is 0 Å². The zero-order chi connectivity index (χ0) is 21.3. The number of H-pyrrole nitrogens is 1. The Morgan fingerprint density at radius 1 is 1.10 bits per heavy atom. The number of carbonyl (C=O) groups excluding carboxylic acids is 2. The minimum Gasteiger partial charge on any atom is -0.354 e. The number of aryl methyl sites for hydroxylation is 1. The van der Waals surface area contributed by atoms with E-state index in [-0.39, 0.29) is 23.8 Å². The van der Waals surface area contributed by atoms with Gasteiger partial charge in [-0.1, -0.05) is 0 Å². The van der Waals surface area contributed by atoms with Crippen molar-refractivity contribution in [3.63, 3.8) is 0 Å². The molecule has 1 fully saturated rings. The van der Waals surface area contributed by atoms with Crippen LogP contribution in [0.1, 0.15) is 24.8 Å². The first kappa shape index (κ1) is 20.0. The molecule has 0 aliphatic carbocycles. The van der Waals surface area contributed by atoms with Gasteiger partial charge in [0.1, 0.15) is 23.5 Å². The third-order valence-electron chi connectivity index (χ3n) is 5.28. The van der Waals surface area contributed by atoms with E-state index in [9.17, 15) is 22.8 Å². The van der Waals surface area contributed by atoms with E-state index in [1.165, 1.54) is 18.2 Å². The highest BCUT2D eigenvalue weighted by Gasteiger charge is 2.25. The Kier molecular flexibility index (Phi) is 5.48. The topological polar surface area (TPSA) is 74.0 Å². The third kappa shape index (κ3) is 4.03. The average Bonchev–Trinajstić information content (AvgIpc) is 3.26. The van der Waals surface area contributed by atoms with Crippen LogP contribution >= 0.6 is 0 Å². The Hall–Kier alpha value is -3.29. The molecule has 8 heteroatoms. The van der Waals surface area contributed by atoms with Gasteiger partial charge in [0.2, 0.25) is 11.8 Å². The largest absolute Gasteiger partial charge is 0.354 e. The molecule has 156 valence electrons. The quantitative estimate of drug-likeness (QED) is 0.576. The molecule has 0 saturated carbocycles. The summed E-state index contributed by atoms with van der Waals surface area (Å²) in [6.07, 6.45) is 1.51. The van der Waals surface area contributed by atoms with Gasteiger partial charge in [-0.3, -0.25) is 9.59 Å². The van der Waals surface area contributed by atoms with Crippen molar-refractivity contribution in [3.05, 3.63) is 59.4 Å². The number of amides is 2. The number of aromatic amines is 1. The molecule has 0 unspecified atom stereocenters. The molecule has 2 heterocycles. The first-order chi connectivity index (χ1) is 14.4. The van der Waals surface area contributed by atoms with Gasteiger partial charge in [0.15, 0.2) is 0 Å². The molecule has 2 amide bonds. The number of fused-ring (bicyclic) bond motifs is 1. The summed E-state index contributed by atoms with van der Waals surface area (Å²) in [5.74, 6) is -2.26. The van der Waals surface area contributed by atoms with Gasteiger partial charge in [0, 0.05) is 30.1 Å². The number of hydrogen-bond acceptors (Lipinski definition) is 2. The van der Waals surface area contributed by atoms with Gasteiger partial charge in [-0.25, -0.2) is 13.2 Å². The summed E-state index contributed by atoms with van der Waals surface area (Å²) in [5, 5.41) is 5.75.